The number of carboxylic acids is 1. The normalized spacial score (nSPS) is 14.6. The second-order valence-corrected chi connectivity index (χ2v) is 10.3. The SMILES string of the molecule is Cc1ccc(F)c(OCc2ccc(CCC(=O)O)c(C(=O)NC3(c4ccc5ccccc5c4)CCOCC3)c2)c1. The van der Waals surface area contributed by atoms with Crippen LogP contribution < -0.4 is 10.1 Å². The van der Waals surface area contributed by atoms with Gasteiger partial charge in [0.1, 0.15) is 6.61 Å². The number of hydrogen-bond acceptors (Lipinski definition) is 4. The summed E-state index contributed by atoms with van der Waals surface area (Å²) in [4.78, 5) is 25.3. The number of hydrogen-bond donors (Lipinski definition) is 2. The average Bonchev–Trinajstić information content (AvgIpc) is 2.97. The maximum atomic E-state index is 14.2. The first-order valence-electron chi connectivity index (χ1n) is 13.5. The van der Waals surface area contributed by atoms with Gasteiger partial charge in [0.05, 0.1) is 5.54 Å². The van der Waals surface area contributed by atoms with Gasteiger partial charge in [-0.25, -0.2) is 4.39 Å². The van der Waals surface area contributed by atoms with Crippen LogP contribution in [0.4, 0.5) is 4.39 Å². The highest BCUT2D eigenvalue weighted by Gasteiger charge is 2.36. The number of ether oxygens (including phenoxy) is 2. The quantitative estimate of drug-likeness (QED) is 0.259. The number of aryl methyl sites for hydroxylation is 2. The van der Waals surface area contributed by atoms with Gasteiger partial charge in [-0.1, -0.05) is 54.6 Å². The summed E-state index contributed by atoms with van der Waals surface area (Å²) < 4.78 is 25.6. The van der Waals surface area contributed by atoms with Crippen molar-refractivity contribution in [2.45, 2.75) is 44.8 Å². The lowest BCUT2D eigenvalue weighted by Crippen LogP contribution is -2.49. The summed E-state index contributed by atoms with van der Waals surface area (Å²) in [6, 6.07) is 24.3. The highest BCUT2D eigenvalue weighted by molar-refractivity contribution is 5.97. The van der Waals surface area contributed by atoms with Gasteiger partial charge < -0.3 is 19.9 Å². The van der Waals surface area contributed by atoms with Gasteiger partial charge in [0.25, 0.3) is 5.91 Å². The number of nitrogens with one attached hydrogen (secondary N) is 1. The molecule has 7 heteroatoms. The third-order valence-corrected chi connectivity index (χ3v) is 7.51. The van der Waals surface area contributed by atoms with Gasteiger partial charge in [-0.2, -0.15) is 0 Å². The average molecular weight is 542 g/mol. The monoisotopic (exact) mass is 541 g/mol. The van der Waals surface area contributed by atoms with Gasteiger partial charge in [-0.3, -0.25) is 9.59 Å². The minimum Gasteiger partial charge on any atom is -0.486 e. The molecule has 1 aliphatic heterocycles. The number of carbonyl (C=O) groups excluding carboxylic acids is 1. The summed E-state index contributed by atoms with van der Waals surface area (Å²) in [7, 11) is 0. The second kappa shape index (κ2) is 11.9. The van der Waals surface area contributed by atoms with Crippen molar-refractivity contribution in [1.29, 1.82) is 0 Å². The topological polar surface area (TPSA) is 84.9 Å². The third-order valence-electron chi connectivity index (χ3n) is 7.51. The minimum absolute atomic E-state index is 0.0590. The molecular weight excluding hydrogens is 509 g/mol. The molecule has 1 fully saturated rings. The van der Waals surface area contributed by atoms with E-state index in [0.717, 1.165) is 21.9 Å². The molecular formula is C33H32FNO5. The fourth-order valence-corrected chi connectivity index (χ4v) is 5.24. The van der Waals surface area contributed by atoms with Crippen LogP contribution in [0.25, 0.3) is 10.8 Å². The van der Waals surface area contributed by atoms with Crippen molar-refractivity contribution < 1.29 is 28.6 Å². The Kier molecular flexibility index (Phi) is 8.12. The van der Waals surface area contributed by atoms with Gasteiger partial charge in [-0.15, -0.1) is 0 Å². The molecule has 0 aromatic heterocycles. The first kappa shape index (κ1) is 27.3. The van der Waals surface area contributed by atoms with Crippen molar-refractivity contribution in [3.8, 4) is 5.75 Å². The molecule has 0 radical (unpaired) electrons. The Hall–Kier alpha value is -4.23. The van der Waals surface area contributed by atoms with Crippen LogP contribution in [0.15, 0.2) is 78.9 Å². The molecule has 0 spiro atoms. The molecule has 2 N–H and O–H groups in total. The van der Waals surface area contributed by atoms with E-state index in [1.54, 1.807) is 30.3 Å². The molecule has 1 saturated heterocycles. The molecule has 0 aliphatic carbocycles. The Morgan fingerprint density at radius 3 is 2.52 bits per heavy atom. The lowest BCUT2D eigenvalue weighted by molar-refractivity contribution is -0.136. The minimum atomic E-state index is -0.939. The van der Waals surface area contributed by atoms with E-state index in [1.807, 2.05) is 19.1 Å². The number of carbonyl (C=O) groups is 2. The van der Waals surface area contributed by atoms with E-state index in [4.69, 9.17) is 9.47 Å². The lowest BCUT2D eigenvalue weighted by atomic mass is 9.81. The van der Waals surface area contributed by atoms with Crippen molar-refractivity contribution in [1.82, 2.24) is 5.32 Å². The summed E-state index contributed by atoms with van der Waals surface area (Å²) in [6.07, 6.45) is 1.32. The van der Waals surface area contributed by atoms with E-state index < -0.39 is 17.3 Å². The molecule has 0 atom stereocenters. The third kappa shape index (κ3) is 6.15. The van der Waals surface area contributed by atoms with Gasteiger partial charge in [0, 0.05) is 25.2 Å². The standard InChI is InChI=1S/C33H32FNO5/c1-22-6-12-29(34)30(18-22)40-21-23-7-8-25(10-13-31(36)37)28(19-23)32(38)35-33(14-16-39-17-15-33)27-11-9-24-4-2-3-5-26(24)20-27/h2-9,11-12,18-20H,10,13-17,21H2,1H3,(H,35,38)(H,36,37). The highest BCUT2D eigenvalue weighted by atomic mass is 19.1. The molecule has 1 heterocycles. The van der Waals surface area contributed by atoms with E-state index in [0.29, 0.717) is 42.7 Å². The summed E-state index contributed by atoms with van der Waals surface area (Å²) >= 11 is 0. The Morgan fingerprint density at radius 1 is 0.975 bits per heavy atom. The molecule has 206 valence electrons. The Balaban J connectivity index is 1.45. The van der Waals surface area contributed by atoms with E-state index in [1.165, 1.54) is 6.07 Å². The predicted molar refractivity (Wildman–Crippen MR) is 151 cm³/mol. The molecule has 5 rings (SSSR count). The van der Waals surface area contributed by atoms with Crippen LogP contribution in [0.1, 0.15) is 51.9 Å². The molecule has 40 heavy (non-hydrogen) atoms. The largest absolute Gasteiger partial charge is 0.486 e. The van der Waals surface area contributed by atoms with Crippen LogP contribution >= 0.6 is 0 Å². The summed E-state index contributed by atoms with van der Waals surface area (Å²) in [5, 5.41) is 14.8. The zero-order valence-corrected chi connectivity index (χ0v) is 22.4. The number of benzene rings is 4. The van der Waals surface area contributed by atoms with Crippen molar-refractivity contribution in [3.05, 3.63) is 112 Å². The number of amides is 1. The smallest absolute Gasteiger partial charge is 0.303 e. The zero-order valence-electron chi connectivity index (χ0n) is 22.4. The lowest BCUT2D eigenvalue weighted by Gasteiger charge is -2.39. The highest BCUT2D eigenvalue weighted by Crippen LogP contribution is 2.35. The molecule has 0 saturated carbocycles. The molecule has 1 aliphatic rings. The first-order chi connectivity index (χ1) is 19.3. The predicted octanol–water partition coefficient (Wildman–Crippen LogP) is 6.32. The molecule has 6 nitrogen and oxygen atoms in total. The van der Waals surface area contributed by atoms with Gasteiger partial charge in [0.15, 0.2) is 11.6 Å². The van der Waals surface area contributed by atoms with E-state index in [9.17, 15) is 19.1 Å². The van der Waals surface area contributed by atoms with Crippen LogP contribution in [0.3, 0.4) is 0 Å². The molecule has 4 aromatic rings. The number of fused-ring (bicyclic) bond motifs is 1. The molecule has 4 aromatic carbocycles. The molecule has 0 unspecified atom stereocenters. The number of aliphatic carboxylic acids is 1. The molecule has 0 bridgehead atoms. The Bertz CT molecular complexity index is 1540. The van der Waals surface area contributed by atoms with Crippen molar-refractivity contribution in [3.63, 3.8) is 0 Å². The van der Waals surface area contributed by atoms with Crippen LogP contribution in [-0.4, -0.2) is 30.2 Å². The first-order valence-corrected chi connectivity index (χ1v) is 13.5. The van der Waals surface area contributed by atoms with Crippen LogP contribution in [0.5, 0.6) is 5.75 Å². The van der Waals surface area contributed by atoms with Crippen molar-refractivity contribution >= 4 is 22.6 Å². The van der Waals surface area contributed by atoms with Gasteiger partial charge in [-0.05, 0) is 83.5 Å². The second-order valence-electron chi connectivity index (χ2n) is 10.3. The van der Waals surface area contributed by atoms with Gasteiger partial charge in [0.2, 0.25) is 0 Å². The Labute approximate surface area is 232 Å². The van der Waals surface area contributed by atoms with Gasteiger partial charge >= 0.3 is 5.97 Å². The summed E-state index contributed by atoms with van der Waals surface area (Å²) in [6.45, 7) is 2.93. The summed E-state index contributed by atoms with van der Waals surface area (Å²) in [5.41, 5.74) is 2.93. The van der Waals surface area contributed by atoms with Crippen molar-refractivity contribution in [2.75, 3.05) is 13.2 Å². The van der Waals surface area contributed by atoms with E-state index >= 15 is 0 Å². The number of rotatable bonds is 9. The Morgan fingerprint density at radius 2 is 1.75 bits per heavy atom. The van der Waals surface area contributed by atoms with Crippen molar-refractivity contribution in [2.24, 2.45) is 0 Å². The van der Waals surface area contributed by atoms with E-state index in [2.05, 4.69) is 35.6 Å². The fraction of sp³-hybridized carbons (Fsp3) is 0.273. The molecule has 1 amide bonds. The van der Waals surface area contributed by atoms with Crippen LogP contribution in [0.2, 0.25) is 0 Å². The maximum absolute atomic E-state index is 14.2. The fourth-order valence-electron chi connectivity index (χ4n) is 5.24. The zero-order chi connectivity index (χ0) is 28.1. The van der Waals surface area contributed by atoms with Crippen LogP contribution in [0, 0.1) is 12.7 Å². The number of carboxylic acid groups (broad SMARTS) is 1. The van der Waals surface area contributed by atoms with Crippen LogP contribution in [-0.2, 0) is 28.1 Å². The summed E-state index contributed by atoms with van der Waals surface area (Å²) in [5.74, 6) is -1.55. The maximum Gasteiger partial charge on any atom is 0.303 e. The number of halogens is 1. The van der Waals surface area contributed by atoms with E-state index in [-0.39, 0.29) is 31.1 Å².